The number of amides is 1. The Labute approximate surface area is 141 Å². The summed E-state index contributed by atoms with van der Waals surface area (Å²) in [6, 6.07) is 8.77. The highest BCUT2D eigenvalue weighted by molar-refractivity contribution is 5.95. The first kappa shape index (κ1) is 17.9. The third kappa shape index (κ3) is 4.74. The Balaban J connectivity index is 1.93. The van der Waals surface area contributed by atoms with Crippen LogP contribution in [0.5, 0.6) is 5.75 Å². The Bertz CT molecular complexity index is 824. The molecular weight excluding hydrogens is 335 g/mol. The van der Waals surface area contributed by atoms with Gasteiger partial charge in [-0.3, -0.25) is 14.9 Å². The zero-order valence-electron chi connectivity index (χ0n) is 13.0. The van der Waals surface area contributed by atoms with Crippen LogP contribution in [-0.2, 0) is 9.53 Å². The largest absolute Gasteiger partial charge is 0.494 e. The molecule has 0 bridgehead atoms. The summed E-state index contributed by atoms with van der Waals surface area (Å²) >= 11 is 0. The lowest BCUT2D eigenvalue weighted by molar-refractivity contribution is -0.384. The van der Waals surface area contributed by atoms with Crippen molar-refractivity contribution in [2.45, 2.75) is 0 Å². The fourth-order valence-corrected chi connectivity index (χ4v) is 1.90. The molecule has 0 fully saturated rings. The lowest BCUT2D eigenvalue weighted by Gasteiger charge is -2.07. The highest BCUT2D eigenvalue weighted by atomic mass is 19.1. The van der Waals surface area contributed by atoms with E-state index in [1.165, 1.54) is 43.5 Å². The Morgan fingerprint density at radius 2 is 2.00 bits per heavy atom. The molecule has 2 aromatic rings. The number of non-ortho nitro benzene ring substituents is 1. The van der Waals surface area contributed by atoms with Gasteiger partial charge >= 0.3 is 5.97 Å². The van der Waals surface area contributed by atoms with Gasteiger partial charge in [0.2, 0.25) is 0 Å². The molecule has 0 aliphatic carbocycles. The average Bonchev–Trinajstić information content (AvgIpc) is 2.59. The zero-order chi connectivity index (χ0) is 18.4. The lowest BCUT2D eigenvalue weighted by atomic mass is 10.2. The van der Waals surface area contributed by atoms with Crippen LogP contribution >= 0.6 is 0 Å². The van der Waals surface area contributed by atoms with Crippen molar-refractivity contribution in [2.24, 2.45) is 0 Å². The molecule has 0 heterocycles. The smallest absolute Gasteiger partial charge is 0.338 e. The number of rotatable bonds is 6. The number of ether oxygens (including phenoxy) is 2. The fraction of sp³-hybridized carbons (Fsp3) is 0.125. The maximum atomic E-state index is 13.5. The van der Waals surface area contributed by atoms with E-state index in [-0.39, 0.29) is 22.7 Å². The van der Waals surface area contributed by atoms with Crippen LogP contribution in [0.15, 0.2) is 42.5 Å². The number of benzene rings is 2. The maximum absolute atomic E-state index is 13.5. The molecule has 0 aromatic heterocycles. The van der Waals surface area contributed by atoms with Crippen molar-refractivity contribution in [1.29, 1.82) is 0 Å². The van der Waals surface area contributed by atoms with Crippen LogP contribution in [0.2, 0.25) is 0 Å². The number of carbonyl (C=O) groups is 2. The molecule has 0 aliphatic heterocycles. The molecule has 0 atom stereocenters. The molecular formula is C16H13FN2O6. The van der Waals surface area contributed by atoms with Gasteiger partial charge in [0.05, 0.1) is 17.6 Å². The predicted octanol–water partition coefficient (Wildman–Crippen LogP) is 2.54. The molecule has 0 spiro atoms. The van der Waals surface area contributed by atoms with Crippen LogP contribution in [0.3, 0.4) is 0 Å². The van der Waals surface area contributed by atoms with E-state index in [1.807, 2.05) is 0 Å². The van der Waals surface area contributed by atoms with Crippen LogP contribution in [0.1, 0.15) is 10.4 Å². The minimum absolute atomic E-state index is 0.0278. The van der Waals surface area contributed by atoms with Crippen LogP contribution in [-0.4, -0.2) is 30.5 Å². The van der Waals surface area contributed by atoms with Crippen LogP contribution in [0.25, 0.3) is 0 Å². The highest BCUT2D eigenvalue weighted by Gasteiger charge is 2.14. The summed E-state index contributed by atoms with van der Waals surface area (Å²) in [4.78, 5) is 33.6. The van der Waals surface area contributed by atoms with E-state index in [4.69, 9.17) is 9.47 Å². The number of esters is 1. The summed E-state index contributed by atoms with van der Waals surface area (Å²) in [7, 11) is 1.29. The van der Waals surface area contributed by atoms with E-state index in [9.17, 15) is 24.1 Å². The lowest BCUT2D eigenvalue weighted by Crippen LogP contribution is -2.21. The SMILES string of the molecule is COc1ccc(C(=O)OCC(=O)Nc2cccc([N+](=O)[O-])c2)cc1F. The summed E-state index contributed by atoms with van der Waals surface area (Å²) in [6.45, 7) is -0.630. The summed E-state index contributed by atoms with van der Waals surface area (Å²) in [5, 5.41) is 13.0. The van der Waals surface area contributed by atoms with Crippen molar-refractivity contribution in [2.75, 3.05) is 19.0 Å². The third-order valence-electron chi connectivity index (χ3n) is 3.06. The predicted molar refractivity (Wildman–Crippen MR) is 85.0 cm³/mol. The number of anilines is 1. The molecule has 2 aromatic carbocycles. The summed E-state index contributed by atoms with van der Waals surface area (Å²) in [5.41, 5.74) is -0.0873. The maximum Gasteiger partial charge on any atom is 0.338 e. The second kappa shape index (κ2) is 7.86. The molecule has 9 heteroatoms. The highest BCUT2D eigenvalue weighted by Crippen LogP contribution is 2.19. The zero-order valence-corrected chi connectivity index (χ0v) is 13.0. The second-order valence-electron chi connectivity index (χ2n) is 4.78. The van der Waals surface area contributed by atoms with Crippen LogP contribution < -0.4 is 10.1 Å². The van der Waals surface area contributed by atoms with Gasteiger partial charge in [-0.05, 0) is 24.3 Å². The van der Waals surface area contributed by atoms with Crippen molar-refractivity contribution in [3.05, 3.63) is 64.0 Å². The van der Waals surface area contributed by atoms with Crippen molar-refractivity contribution in [3.63, 3.8) is 0 Å². The molecule has 0 radical (unpaired) electrons. The van der Waals surface area contributed by atoms with Gasteiger partial charge in [-0.1, -0.05) is 6.07 Å². The van der Waals surface area contributed by atoms with E-state index in [1.54, 1.807) is 0 Å². The summed E-state index contributed by atoms with van der Waals surface area (Å²) in [5.74, 6) is -2.35. The number of halogens is 1. The number of nitro groups is 1. The normalized spacial score (nSPS) is 10.0. The van der Waals surface area contributed by atoms with E-state index in [2.05, 4.69) is 5.32 Å². The van der Waals surface area contributed by atoms with Gasteiger partial charge in [-0.15, -0.1) is 0 Å². The first-order valence-corrected chi connectivity index (χ1v) is 6.95. The van der Waals surface area contributed by atoms with Crippen molar-refractivity contribution in [3.8, 4) is 5.75 Å². The Kier molecular flexibility index (Phi) is 5.62. The minimum atomic E-state index is -0.893. The number of nitro benzene ring substituents is 1. The van der Waals surface area contributed by atoms with Gasteiger partial charge in [0.15, 0.2) is 18.2 Å². The second-order valence-corrected chi connectivity index (χ2v) is 4.78. The molecule has 130 valence electrons. The molecule has 1 N–H and O–H groups in total. The number of carbonyl (C=O) groups excluding carboxylic acids is 2. The molecule has 25 heavy (non-hydrogen) atoms. The summed E-state index contributed by atoms with van der Waals surface area (Å²) in [6.07, 6.45) is 0. The summed E-state index contributed by atoms with van der Waals surface area (Å²) < 4.78 is 23.0. The minimum Gasteiger partial charge on any atom is -0.494 e. The quantitative estimate of drug-likeness (QED) is 0.488. The molecule has 1 amide bonds. The average molecular weight is 348 g/mol. The third-order valence-corrected chi connectivity index (χ3v) is 3.06. The van der Waals surface area contributed by atoms with E-state index in [0.717, 1.165) is 6.07 Å². The standard InChI is InChI=1S/C16H13FN2O6/c1-24-14-6-5-10(7-13(14)17)16(21)25-9-15(20)18-11-3-2-4-12(8-11)19(22)23/h2-8H,9H2,1H3,(H,18,20). The van der Waals surface area contributed by atoms with Crippen LogP contribution in [0, 0.1) is 15.9 Å². The van der Waals surface area contributed by atoms with Gasteiger partial charge < -0.3 is 14.8 Å². The van der Waals surface area contributed by atoms with Crippen molar-refractivity contribution < 1.29 is 28.4 Å². The number of nitrogens with one attached hydrogen (secondary N) is 1. The molecule has 2 rings (SSSR count). The van der Waals surface area contributed by atoms with E-state index >= 15 is 0 Å². The van der Waals surface area contributed by atoms with E-state index in [0.29, 0.717) is 0 Å². The number of hydrogen-bond acceptors (Lipinski definition) is 6. The van der Waals surface area contributed by atoms with Crippen LogP contribution in [0.4, 0.5) is 15.8 Å². The molecule has 8 nitrogen and oxygen atoms in total. The van der Waals surface area contributed by atoms with Gasteiger partial charge in [-0.25, -0.2) is 9.18 Å². The fourth-order valence-electron chi connectivity index (χ4n) is 1.90. The Morgan fingerprint density at radius 1 is 1.24 bits per heavy atom. The number of methoxy groups -OCH3 is 1. The van der Waals surface area contributed by atoms with Gasteiger partial charge in [-0.2, -0.15) is 0 Å². The monoisotopic (exact) mass is 348 g/mol. The van der Waals surface area contributed by atoms with Crippen molar-refractivity contribution in [1.82, 2.24) is 0 Å². The molecule has 0 aliphatic rings. The van der Waals surface area contributed by atoms with Gasteiger partial charge in [0.1, 0.15) is 0 Å². The van der Waals surface area contributed by atoms with Crippen molar-refractivity contribution >= 4 is 23.3 Å². The Morgan fingerprint density at radius 3 is 2.64 bits per heavy atom. The Hall–Kier alpha value is -3.49. The molecule has 0 unspecified atom stereocenters. The van der Waals surface area contributed by atoms with Gasteiger partial charge in [0, 0.05) is 17.8 Å². The first-order chi connectivity index (χ1) is 11.9. The first-order valence-electron chi connectivity index (χ1n) is 6.95. The topological polar surface area (TPSA) is 108 Å². The molecule has 0 saturated heterocycles. The number of nitrogens with zero attached hydrogens (tertiary/aromatic N) is 1. The number of hydrogen-bond donors (Lipinski definition) is 1. The van der Waals surface area contributed by atoms with E-state index < -0.39 is 29.2 Å². The van der Waals surface area contributed by atoms with Gasteiger partial charge in [0.25, 0.3) is 11.6 Å². The molecule has 0 saturated carbocycles.